The van der Waals surface area contributed by atoms with Gasteiger partial charge in [-0.25, -0.2) is 0 Å². The highest BCUT2D eigenvalue weighted by molar-refractivity contribution is 9.10. The SMILES string of the molecule is COCCCOCC(=O)c1cccc(Br)c1. The number of ketones is 1. The molecule has 0 radical (unpaired) electrons. The molecule has 1 aromatic carbocycles. The maximum absolute atomic E-state index is 11.7. The van der Waals surface area contributed by atoms with Gasteiger partial charge in [-0.05, 0) is 18.6 Å². The smallest absolute Gasteiger partial charge is 0.188 e. The molecule has 0 amide bonds. The lowest BCUT2D eigenvalue weighted by Crippen LogP contribution is -2.10. The zero-order chi connectivity index (χ0) is 11.8. The lowest BCUT2D eigenvalue weighted by Gasteiger charge is -2.03. The monoisotopic (exact) mass is 286 g/mol. The summed E-state index contributed by atoms with van der Waals surface area (Å²) >= 11 is 3.32. The molecule has 0 aliphatic heterocycles. The molecule has 16 heavy (non-hydrogen) atoms. The number of carbonyl (C=O) groups is 1. The molecule has 0 N–H and O–H groups in total. The van der Waals surface area contributed by atoms with E-state index >= 15 is 0 Å². The van der Waals surface area contributed by atoms with Crippen LogP contribution < -0.4 is 0 Å². The van der Waals surface area contributed by atoms with Crippen molar-refractivity contribution in [1.82, 2.24) is 0 Å². The topological polar surface area (TPSA) is 35.5 Å². The molecule has 0 aromatic heterocycles. The van der Waals surface area contributed by atoms with Crippen molar-refractivity contribution in [3.63, 3.8) is 0 Å². The van der Waals surface area contributed by atoms with Crippen LogP contribution in [-0.4, -0.2) is 32.7 Å². The molecule has 4 heteroatoms. The fraction of sp³-hybridized carbons (Fsp3) is 0.417. The largest absolute Gasteiger partial charge is 0.385 e. The normalized spacial score (nSPS) is 10.4. The van der Waals surface area contributed by atoms with Gasteiger partial charge >= 0.3 is 0 Å². The van der Waals surface area contributed by atoms with E-state index in [1.807, 2.05) is 12.1 Å². The van der Waals surface area contributed by atoms with Crippen molar-refractivity contribution in [1.29, 1.82) is 0 Å². The van der Waals surface area contributed by atoms with Gasteiger partial charge in [0.2, 0.25) is 0 Å². The van der Waals surface area contributed by atoms with Gasteiger partial charge in [0.15, 0.2) is 5.78 Å². The number of methoxy groups -OCH3 is 1. The maximum atomic E-state index is 11.7. The second-order valence-electron chi connectivity index (χ2n) is 3.33. The van der Waals surface area contributed by atoms with Gasteiger partial charge in [0, 0.05) is 30.4 Å². The fourth-order valence-corrected chi connectivity index (χ4v) is 1.61. The van der Waals surface area contributed by atoms with Gasteiger partial charge < -0.3 is 9.47 Å². The Morgan fingerprint density at radius 1 is 1.38 bits per heavy atom. The predicted molar refractivity (Wildman–Crippen MR) is 65.8 cm³/mol. The first kappa shape index (κ1) is 13.4. The minimum Gasteiger partial charge on any atom is -0.385 e. The van der Waals surface area contributed by atoms with Gasteiger partial charge in [-0.15, -0.1) is 0 Å². The van der Waals surface area contributed by atoms with Crippen LogP contribution in [0.4, 0.5) is 0 Å². The Kier molecular flexibility index (Phi) is 6.30. The van der Waals surface area contributed by atoms with E-state index in [1.54, 1.807) is 19.2 Å². The Morgan fingerprint density at radius 2 is 2.19 bits per heavy atom. The van der Waals surface area contributed by atoms with Crippen molar-refractivity contribution in [2.45, 2.75) is 6.42 Å². The average molecular weight is 287 g/mol. The first-order chi connectivity index (χ1) is 7.74. The Hall–Kier alpha value is -0.710. The van der Waals surface area contributed by atoms with Crippen LogP contribution in [0, 0.1) is 0 Å². The van der Waals surface area contributed by atoms with Gasteiger partial charge in [-0.3, -0.25) is 4.79 Å². The quantitative estimate of drug-likeness (QED) is 0.571. The highest BCUT2D eigenvalue weighted by Crippen LogP contribution is 2.12. The molecule has 0 atom stereocenters. The first-order valence-corrected chi connectivity index (χ1v) is 5.89. The van der Waals surface area contributed by atoms with Gasteiger partial charge in [0.05, 0.1) is 0 Å². The van der Waals surface area contributed by atoms with Gasteiger partial charge in [0.25, 0.3) is 0 Å². The summed E-state index contributed by atoms with van der Waals surface area (Å²) in [4.78, 5) is 11.7. The summed E-state index contributed by atoms with van der Waals surface area (Å²) in [5.41, 5.74) is 0.668. The van der Waals surface area contributed by atoms with E-state index in [0.29, 0.717) is 18.8 Å². The van der Waals surface area contributed by atoms with Gasteiger partial charge in [-0.2, -0.15) is 0 Å². The molecule has 1 rings (SSSR count). The van der Waals surface area contributed by atoms with Gasteiger partial charge in [0.1, 0.15) is 6.61 Å². The molecule has 0 aliphatic carbocycles. The molecule has 1 aromatic rings. The average Bonchev–Trinajstić information content (AvgIpc) is 2.28. The summed E-state index contributed by atoms with van der Waals surface area (Å²) in [6.07, 6.45) is 0.808. The molecule has 88 valence electrons. The van der Waals surface area contributed by atoms with Crippen molar-refractivity contribution in [2.24, 2.45) is 0 Å². The highest BCUT2D eigenvalue weighted by Gasteiger charge is 2.05. The zero-order valence-electron chi connectivity index (χ0n) is 9.24. The van der Waals surface area contributed by atoms with Crippen molar-refractivity contribution in [3.05, 3.63) is 34.3 Å². The lowest BCUT2D eigenvalue weighted by molar-refractivity contribution is 0.0705. The molecular formula is C12H15BrO3. The lowest BCUT2D eigenvalue weighted by atomic mass is 10.1. The van der Waals surface area contributed by atoms with Crippen LogP contribution in [0.2, 0.25) is 0 Å². The molecule has 0 fully saturated rings. The number of halogens is 1. The van der Waals surface area contributed by atoms with E-state index < -0.39 is 0 Å². The van der Waals surface area contributed by atoms with Crippen LogP contribution in [0.1, 0.15) is 16.8 Å². The van der Waals surface area contributed by atoms with Crippen LogP contribution in [0.5, 0.6) is 0 Å². The number of carbonyl (C=O) groups excluding carboxylic acids is 1. The Labute approximate surface area is 104 Å². The van der Waals surface area contributed by atoms with E-state index in [1.165, 1.54) is 0 Å². The predicted octanol–water partition coefficient (Wildman–Crippen LogP) is 2.68. The third-order valence-corrected chi connectivity index (χ3v) is 2.51. The van der Waals surface area contributed by atoms with Crippen molar-refractivity contribution >= 4 is 21.7 Å². The third kappa shape index (κ3) is 4.88. The number of benzene rings is 1. The summed E-state index contributed by atoms with van der Waals surface area (Å²) in [5, 5.41) is 0. The Balaban J connectivity index is 2.30. The molecule has 0 saturated carbocycles. The zero-order valence-corrected chi connectivity index (χ0v) is 10.8. The van der Waals surface area contributed by atoms with Crippen molar-refractivity contribution < 1.29 is 14.3 Å². The van der Waals surface area contributed by atoms with E-state index in [0.717, 1.165) is 10.9 Å². The van der Waals surface area contributed by atoms with E-state index in [9.17, 15) is 4.79 Å². The minimum atomic E-state index is -0.00119. The summed E-state index contributed by atoms with van der Waals surface area (Å²) in [7, 11) is 1.65. The summed E-state index contributed by atoms with van der Waals surface area (Å²) in [6, 6.07) is 7.30. The molecule has 0 unspecified atom stereocenters. The summed E-state index contributed by atoms with van der Waals surface area (Å²) in [5.74, 6) is -0.00119. The summed E-state index contributed by atoms with van der Waals surface area (Å²) < 4.78 is 11.0. The second kappa shape index (κ2) is 7.54. The fourth-order valence-electron chi connectivity index (χ4n) is 1.22. The van der Waals surface area contributed by atoms with E-state index in [4.69, 9.17) is 9.47 Å². The van der Waals surface area contributed by atoms with Crippen LogP contribution in [0.25, 0.3) is 0 Å². The number of Topliss-reactive ketones (excluding diaryl/α,β-unsaturated/α-hetero) is 1. The molecule has 0 spiro atoms. The minimum absolute atomic E-state index is 0.00119. The Bertz CT molecular complexity index is 339. The van der Waals surface area contributed by atoms with Crippen molar-refractivity contribution in [3.8, 4) is 0 Å². The number of hydrogen-bond donors (Lipinski definition) is 0. The van der Waals surface area contributed by atoms with Crippen LogP contribution >= 0.6 is 15.9 Å². The molecular weight excluding hydrogens is 272 g/mol. The maximum Gasteiger partial charge on any atom is 0.188 e. The third-order valence-electron chi connectivity index (χ3n) is 2.02. The standard InChI is InChI=1S/C12H15BrO3/c1-15-6-3-7-16-9-12(14)10-4-2-5-11(13)8-10/h2,4-5,8H,3,6-7,9H2,1H3. The van der Waals surface area contributed by atoms with Crippen LogP contribution in [-0.2, 0) is 9.47 Å². The molecule has 0 bridgehead atoms. The van der Waals surface area contributed by atoms with Crippen LogP contribution in [0.15, 0.2) is 28.7 Å². The van der Waals surface area contributed by atoms with E-state index in [2.05, 4.69) is 15.9 Å². The highest BCUT2D eigenvalue weighted by atomic mass is 79.9. The number of hydrogen-bond acceptors (Lipinski definition) is 3. The molecule has 0 saturated heterocycles. The van der Waals surface area contributed by atoms with Crippen molar-refractivity contribution in [2.75, 3.05) is 26.9 Å². The summed E-state index contributed by atoms with van der Waals surface area (Å²) in [6.45, 7) is 1.33. The number of ether oxygens (including phenoxy) is 2. The van der Waals surface area contributed by atoms with Crippen LogP contribution in [0.3, 0.4) is 0 Å². The molecule has 0 heterocycles. The Morgan fingerprint density at radius 3 is 2.88 bits per heavy atom. The number of rotatable bonds is 7. The first-order valence-electron chi connectivity index (χ1n) is 5.09. The second-order valence-corrected chi connectivity index (χ2v) is 4.25. The van der Waals surface area contributed by atoms with E-state index in [-0.39, 0.29) is 12.4 Å². The van der Waals surface area contributed by atoms with Gasteiger partial charge in [-0.1, -0.05) is 28.1 Å². The molecule has 0 aliphatic rings. The molecule has 3 nitrogen and oxygen atoms in total.